The Balaban J connectivity index is 1.34. The Morgan fingerprint density at radius 2 is 2.06 bits per heavy atom. The maximum Gasteiger partial charge on any atom is 0.274 e. The molecule has 3 heterocycles. The van der Waals surface area contributed by atoms with Crippen molar-refractivity contribution in [2.75, 3.05) is 18.4 Å². The SMILES string of the molecule is O=C(Nc1ccc(OC2CCNC2)cc1)c1ccn2ncc(-c3cccc(Cl)c3)c2n1. The molecule has 0 aliphatic carbocycles. The molecular formula is C23H20ClN5O2. The monoisotopic (exact) mass is 433 g/mol. The fourth-order valence-corrected chi connectivity index (χ4v) is 3.78. The van der Waals surface area contributed by atoms with Gasteiger partial charge in [0.25, 0.3) is 5.91 Å². The molecule has 5 rings (SSSR count). The lowest BCUT2D eigenvalue weighted by molar-refractivity contribution is 0.102. The molecule has 2 N–H and O–H groups in total. The van der Waals surface area contributed by atoms with Gasteiger partial charge in [-0.05, 0) is 61.0 Å². The molecule has 4 aromatic rings. The summed E-state index contributed by atoms with van der Waals surface area (Å²) < 4.78 is 7.55. The second kappa shape index (κ2) is 8.37. The first-order chi connectivity index (χ1) is 15.2. The summed E-state index contributed by atoms with van der Waals surface area (Å²) in [6.07, 6.45) is 4.63. The number of fused-ring (bicyclic) bond motifs is 1. The fraction of sp³-hybridized carbons (Fsp3) is 0.174. The van der Waals surface area contributed by atoms with Gasteiger partial charge in [0.05, 0.1) is 6.20 Å². The standard InChI is InChI=1S/C23H20ClN5O2/c24-16-3-1-2-15(12-16)20-14-26-29-11-9-21(28-22(20)29)23(30)27-17-4-6-18(7-5-17)31-19-8-10-25-13-19/h1-7,9,11-12,14,19,25H,8,10,13H2,(H,27,30). The predicted octanol–water partition coefficient (Wildman–Crippen LogP) is 4.04. The molecule has 1 amide bonds. The van der Waals surface area contributed by atoms with Crippen molar-refractivity contribution in [3.8, 4) is 16.9 Å². The number of hydrogen-bond acceptors (Lipinski definition) is 5. The van der Waals surface area contributed by atoms with E-state index in [1.165, 1.54) is 0 Å². The average molecular weight is 434 g/mol. The molecule has 0 radical (unpaired) electrons. The molecule has 156 valence electrons. The predicted molar refractivity (Wildman–Crippen MR) is 120 cm³/mol. The molecule has 8 heteroatoms. The number of rotatable bonds is 5. The minimum atomic E-state index is -0.297. The van der Waals surface area contributed by atoms with Crippen molar-refractivity contribution in [3.05, 3.63) is 77.7 Å². The molecule has 0 spiro atoms. The Hall–Kier alpha value is -3.42. The highest BCUT2D eigenvalue weighted by atomic mass is 35.5. The van der Waals surface area contributed by atoms with E-state index in [4.69, 9.17) is 16.3 Å². The van der Waals surface area contributed by atoms with E-state index in [0.717, 1.165) is 36.4 Å². The van der Waals surface area contributed by atoms with Gasteiger partial charge in [-0.1, -0.05) is 23.7 Å². The maximum absolute atomic E-state index is 12.8. The second-order valence-corrected chi connectivity index (χ2v) is 7.80. The number of hydrogen-bond donors (Lipinski definition) is 2. The molecule has 1 unspecified atom stereocenters. The van der Waals surface area contributed by atoms with Crippen LogP contribution in [-0.4, -0.2) is 39.7 Å². The molecule has 1 fully saturated rings. The van der Waals surface area contributed by atoms with Gasteiger partial charge in [-0.3, -0.25) is 4.79 Å². The van der Waals surface area contributed by atoms with Gasteiger partial charge in [0.15, 0.2) is 5.65 Å². The normalized spacial score (nSPS) is 15.8. The Labute approximate surface area is 184 Å². The summed E-state index contributed by atoms with van der Waals surface area (Å²) >= 11 is 6.12. The number of carbonyl (C=O) groups excluding carboxylic acids is 1. The number of anilines is 1. The second-order valence-electron chi connectivity index (χ2n) is 7.36. The van der Waals surface area contributed by atoms with E-state index in [1.807, 2.05) is 48.5 Å². The lowest BCUT2D eigenvalue weighted by Crippen LogP contribution is -2.19. The number of halogens is 1. The average Bonchev–Trinajstić information content (AvgIpc) is 3.44. The summed E-state index contributed by atoms with van der Waals surface area (Å²) in [5.74, 6) is 0.492. The van der Waals surface area contributed by atoms with Crippen molar-refractivity contribution < 1.29 is 9.53 Å². The van der Waals surface area contributed by atoms with Crippen molar-refractivity contribution >= 4 is 28.8 Å². The summed E-state index contributed by atoms with van der Waals surface area (Å²) in [6, 6.07) is 16.5. The van der Waals surface area contributed by atoms with Gasteiger partial charge < -0.3 is 15.4 Å². The highest BCUT2D eigenvalue weighted by Gasteiger charge is 2.16. The fourth-order valence-electron chi connectivity index (χ4n) is 3.59. The van der Waals surface area contributed by atoms with Crippen LogP contribution in [0.1, 0.15) is 16.9 Å². The van der Waals surface area contributed by atoms with E-state index < -0.39 is 0 Å². The number of benzene rings is 2. The van der Waals surface area contributed by atoms with E-state index in [-0.39, 0.29) is 12.0 Å². The van der Waals surface area contributed by atoms with Crippen LogP contribution in [0.4, 0.5) is 5.69 Å². The summed E-state index contributed by atoms with van der Waals surface area (Å²) in [7, 11) is 0. The third-order valence-electron chi connectivity index (χ3n) is 5.17. The van der Waals surface area contributed by atoms with Gasteiger partial charge in [-0.2, -0.15) is 5.10 Å². The van der Waals surface area contributed by atoms with E-state index in [0.29, 0.717) is 22.1 Å². The molecule has 2 aromatic heterocycles. The Bertz CT molecular complexity index is 1230. The number of amides is 1. The first kappa shape index (κ1) is 19.5. The highest BCUT2D eigenvalue weighted by molar-refractivity contribution is 6.30. The lowest BCUT2D eigenvalue weighted by Gasteiger charge is -2.13. The van der Waals surface area contributed by atoms with Crippen LogP contribution >= 0.6 is 11.6 Å². The molecule has 1 atom stereocenters. The van der Waals surface area contributed by atoms with Crippen LogP contribution in [0.2, 0.25) is 5.02 Å². The Morgan fingerprint density at radius 3 is 2.84 bits per heavy atom. The molecule has 2 aromatic carbocycles. The van der Waals surface area contributed by atoms with Crippen molar-refractivity contribution in [1.29, 1.82) is 0 Å². The summed E-state index contributed by atoms with van der Waals surface area (Å²) in [5, 5.41) is 11.1. The largest absolute Gasteiger partial charge is 0.489 e. The molecule has 7 nitrogen and oxygen atoms in total. The van der Waals surface area contributed by atoms with Crippen LogP contribution in [0.5, 0.6) is 5.75 Å². The third kappa shape index (κ3) is 4.23. The molecule has 1 aliphatic rings. The molecule has 31 heavy (non-hydrogen) atoms. The van der Waals surface area contributed by atoms with Crippen LogP contribution in [0.15, 0.2) is 67.0 Å². The van der Waals surface area contributed by atoms with Gasteiger partial charge in [0.1, 0.15) is 17.5 Å². The van der Waals surface area contributed by atoms with Crippen LogP contribution in [0.25, 0.3) is 16.8 Å². The Kier molecular flexibility index (Phi) is 5.28. The first-order valence-electron chi connectivity index (χ1n) is 10.0. The molecule has 1 saturated heterocycles. The van der Waals surface area contributed by atoms with Crippen LogP contribution in [0, 0.1) is 0 Å². The quantitative estimate of drug-likeness (QED) is 0.496. The zero-order chi connectivity index (χ0) is 21.2. The van der Waals surface area contributed by atoms with Crippen molar-refractivity contribution in [2.45, 2.75) is 12.5 Å². The van der Waals surface area contributed by atoms with Crippen LogP contribution in [0.3, 0.4) is 0 Å². The van der Waals surface area contributed by atoms with Gasteiger partial charge in [0.2, 0.25) is 0 Å². The zero-order valence-electron chi connectivity index (χ0n) is 16.6. The third-order valence-corrected chi connectivity index (χ3v) is 5.40. The van der Waals surface area contributed by atoms with Crippen molar-refractivity contribution in [2.24, 2.45) is 0 Å². The van der Waals surface area contributed by atoms with Gasteiger partial charge in [-0.25, -0.2) is 9.50 Å². The molecule has 0 saturated carbocycles. The number of carbonyl (C=O) groups is 1. The van der Waals surface area contributed by atoms with E-state index in [1.54, 1.807) is 23.0 Å². The van der Waals surface area contributed by atoms with Crippen molar-refractivity contribution in [1.82, 2.24) is 19.9 Å². The number of aromatic nitrogens is 3. The zero-order valence-corrected chi connectivity index (χ0v) is 17.3. The number of ether oxygens (including phenoxy) is 1. The maximum atomic E-state index is 12.8. The van der Waals surface area contributed by atoms with E-state index in [9.17, 15) is 4.79 Å². The van der Waals surface area contributed by atoms with Crippen molar-refractivity contribution in [3.63, 3.8) is 0 Å². The summed E-state index contributed by atoms with van der Waals surface area (Å²) in [6.45, 7) is 1.84. The Morgan fingerprint density at radius 1 is 1.19 bits per heavy atom. The topological polar surface area (TPSA) is 80.5 Å². The molecule has 1 aliphatic heterocycles. The van der Waals surface area contributed by atoms with Crippen LogP contribution < -0.4 is 15.4 Å². The molecule has 0 bridgehead atoms. The number of nitrogens with zero attached hydrogens (tertiary/aromatic N) is 3. The molecular weight excluding hydrogens is 414 g/mol. The van der Waals surface area contributed by atoms with Gasteiger partial charge in [-0.15, -0.1) is 0 Å². The van der Waals surface area contributed by atoms with E-state index >= 15 is 0 Å². The summed E-state index contributed by atoms with van der Waals surface area (Å²) in [4.78, 5) is 17.3. The first-order valence-corrected chi connectivity index (χ1v) is 10.4. The van der Waals surface area contributed by atoms with E-state index in [2.05, 4.69) is 20.7 Å². The smallest absolute Gasteiger partial charge is 0.274 e. The van der Waals surface area contributed by atoms with Crippen LogP contribution in [-0.2, 0) is 0 Å². The van der Waals surface area contributed by atoms with Gasteiger partial charge in [0, 0.05) is 29.0 Å². The minimum Gasteiger partial charge on any atom is -0.489 e. The lowest BCUT2D eigenvalue weighted by atomic mass is 10.1. The minimum absolute atomic E-state index is 0.195. The highest BCUT2D eigenvalue weighted by Crippen LogP contribution is 2.26. The number of nitrogens with one attached hydrogen (secondary N) is 2. The van der Waals surface area contributed by atoms with Gasteiger partial charge >= 0.3 is 0 Å². The summed E-state index contributed by atoms with van der Waals surface area (Å²) in [5.41, 5.74) is 3.25.